The number of hydrogen-bond acceptors (Lipinski definition) is 4. The van der Waals surface area contributed by atoms with Gasteiger partial charge in [0, 0.05) is 16.8 Å². The molecule has 0 amide bonds. The number of halogens is 2. The first-order valence-corrected chi connectivity index (χ1v) is 12.0. The summed E-state index contributed by atoms with van der Waals surface area (Å²) >= 11 is 11.9. The highest BCUT2D eigenvalue weighted by molar-refractivity contribution is 7.89. The number of phenols is 1. The van der Waals surface area contributed by atoms with Crippen LogP contribution in [-0.2, 0) is 10.0 Å². The molecule has 2 N–H and O–H groups in total. The third-order valence-corrected chi connectivity index (χ3v) is 6.57. The summed E-state index contributed by atoms with van der Waals surface area (Å²) in [7, 11) is -3.69. The van der Waals surface area contributed by atoms with Gasteiger partial charge in [-0.05, 0) is 30.2 Å². The summed E-state index contributed by atoms with van der Waals surface area (Å²) in [5.41, 5.74) is 2.00. The van der Waals surface area contributed by atoms with Crippen LogP contribution in [0.2, 0.25) is 10.0 Å². The first kappa shape index (κ1) is 23.3. The number of sulfonamides is 1. The zero-order valence-electron chi connectivity index (χ0n) is 16.7. The second-order valence-corrected chi connectivity index (χ2v) is 9.75. The van der Waals surface area contributed by atoms with Gasteiger partial charge in [0.05, 0.1) is 22.9 Å². The molecule has 0 aliphatic carbocycles. The second kappa shape index (κ2) is 10.3. The summed E-state index contributed by atoms with van der Waals surface area (Å²) in [4.78, 5) is 4.25. The molecular weight excluding hydrogens is 455 g/mol. The van der Waals surface area contributed by atoms with E-state index in [0.717, 1.165) is 11.1 Å². The first-order chi connectivity index (χ1) is 14.7. The van der Waals surface area contributed by atoms with Gasteiger partial charge in [0.2, 0.25) is 10.0 Å². The monoisotopic (exact) mass is 476 g/mol. The summed E-state index contributed by atoms with van der Waals surface area (Å²) in [6.45, 7) is 1.68. The Morgan fingerprint density at radius 2 is 1.55 bits per heavy atom. The van der Waals surface area contributed by atoms with Gasteiger partial charge in [-0.15, -0.1) is 0 Å². The Morgan fingerprint density at radius 3 is 2.10 bits per heavy atom. The Kier molecular flexibility index (Phi) is 7.73. The van der Waals surface area contributed by atoms with Gasteiger partial charge in [-0.2, -0.15) is 0 Å². The van der Waals surface area contributed by atoms with Crippen LogP contribution < -0.4 is 4.72 Å². The van der Waals surface area contributed by atoms with Gasteiger partial charge in [-0.3, -0.25) is 4.99 Å². The Morgan fingerprint density at radius 1 is 1.00 bits per heavy atom. The van der Waals surface area contributed by atoms with Gasteiger partial charge < -0.3 is 5.11 Å². The summed E-state index contributed by atoms with van der Waals surface area (Å²) in [6.07, 6.45) is 1.37. The van der Waals surface area contributed by atoms with Crippen molar-refractivity contribution in [3.8, 4) is 5.75 Å². The van der Waals surface area contributed by atoms with Gasteiger partial charge >= 0.3 is 0 Å². The maximum atomic E-state index is 12.9. The van der Waals surface area contributed by atoms with Crippen molar-refractivity contribution in [1.82, 2.24) is 4.72 Å². The zero-order valence-corrected chi connectivity index (χ0v) is 19.1. The fraction of sp³-hybridized carbons (Fsp3) is 0.174. The van der Waals surface area contributed by atoms with E-state index >= 15 is 0 Å². The number of aliphatic imine (C=N–C) groups is 1. The summed E-state index contributed by atoms with van der Waals surface area (Å²) in [6, 6.07) is 20.6. The molecule has 162 valence electrons. The largest absolute Gasteiger partial charge is 0.506 e. The molecule has 0 aliphatic rings. The highest BCUT2D eigenvalue weighted by Crippen LogP contribution is 2.30. The number of benzene rings is 3. The lowest BCUT2D eigenvalue weighted by atomic mass is 10.00. The molecule has 0 bridgehead atoms. The SMILES string of the molecule is CC(CS(=O)(=O)NC(c1ccccc1)c1ccccc1)N=Cc1cc(Cl)cc(Cl)c1O. The minimum atomic E-state index is -3.69. The molecule has 3 rings (SSSR count). The van der Waals surface area contributed by atoms with Crippen LogP contribution in [0.4, 0.5) is 0 Å². The summed E-state index contributed by atoms with van der Waals surface area (Å²) < 4.78 is 28.6. The quantitative estimate of drug-likeness (QED) is 0.437. The fourth-order valence-electron chi connectivity index (χ4n) is 3.10. The predicted molar refractivity (Wildman–Crippen MR) is 127 cm³/mol. The van der Waals surface area contributed by atoms with E-state index in [1.807, 2.05) is 60.7 Å². The molecular formula is C23H22Cl2N2O3S. The molecule has 0 saturated carbocycles. The van der Waals surface area contributed by atoms with Crippen molar-refractivity contribution in [3.05, 3.63) is 99.5 Å². The van der Waals surface area contributed by atoms with Crippen LogP contribution in [0, 0.1) is 0 Å². The molecule has 5 nitrogen and oxygen atoms in total. The molecule has 1 unspecified atom stereocenters. The van der Waals surface area contributed by atoms with Crippen molar-refractivity contribution >= 4 is 39.4 Å². The van der Waals surface area contributed by atoms with E-state index < -0.39 is 22.1 Å². The maximum Gasteiger partial charge on any atom is 0.214 e. The van der Waals surface area contributed by atoms with Crippen molar-refractivity contribution in [2.24, 2.45) is 4.99 Å². The van der Waals surface area contributed by atoms with Gasteiger partial charge in [-0.25, -0.2) is 13.1 Å². The van der Waals surface area contributed by atoms with Crippen LogP contribution in [-0.4, -0.2) is 31.5 Å². The van der Waals surface area contributed by atoms with Gasteiger partial charge in [-0.1, -0.05) is 83.9 Å². The van der Waals surface area contributed by atoms with Gasteiger partial charge in [0.25, 0.3) is 0 Å². The topological polar surface area (TPSA) is 78.8 Å². The Bertz CT molecular complexity index is 1110. The number of rotatable bonds is 8. The maximum absolute atomic E-state index is 12.9. The van der Waals surface area contributed by atoms with E-state index in [4.69, 9.17) is 23.2 Å². The third-order valence-electron chi connectivity index (χ3n) is 4.55. The van der Waals surface area contributed by atoms with Gasteiger partial charge in [0.15, 0.2) is 0 Å². The number of aromatic hydroxyl groups is 1. The number of nitrogens with one attached hydrogen (secondary N) is 1. The lowest BCUT2D eigenvalue weighted by Crippen LogP contribution is -2.34. The van der Waals surface area contributed by atoms with Gasteiger partial charge in [0.1, 0.15) is 5.75 Å². The van der Waals surface area contributed by atoms with Crippen molar-refractivity contribution in [1.29, 1.82) is 0 Å². The van der Waals surface area contributed by atoms with Crippen LogP contribution in [0.3, 0.4) is 0 Å². The van der Waals surface area contributed by atoms with Crippen LogP contribution in [0.5, 0.6) is 5.75 Å². The van der Waals surface area contributed by atoms with Crippen LogP contribution in [0.15, 0.2) is 77.8 Å². The second-order valence-electron chi connectivity index (χ2n) is 7.11. The predicted octanol–water partition coefficient (Wildman–Crippen LogP) is 5.22. The molecule has 0 spiro atoms. The molecule has 0 fully saturated rings. The molecule has 8 heteroatoms. The number of hydrogen-bond donors (Lipinski definition) is 2. The third kappa shape index (κ3) is 6.55. The Hall–Kier alpha value is -2.38. The lowest BCUT2D eigenvalue weighted by Gasteiger charge is -2.20. The minimum Gasteiger partial charge on any atom is -0.506 e. The summed E-state index contributed by atoms with van der Waals surface area (Å²) in [5.74, 6) is -0.384. The van der Waals surface area contributed by atoms with Crippen LogP contribution in [0.25, 0.3) is 0 Å². The van der Waals surface area contributed by atoms with E-state index in [1.165, 1.54) is 18.3 Å². The smallest absolute Gasteiger partial charge is 0.214 e. The minimum absolute atomic E-state index is 0.101. The Labute approximate surface area is 192 Å². The molecule has 1 atom stereocenters. The average molecular weight is 477 g/mol. The number of nitrogens with zero attached hydrogens (tertiary/aromatic N) is 1. The molecule has 3 aromatic carbocycles. The van der Waals surface area contributed by atoms with E-state index in [2.05, 4.69) is 9.71 Å². The summed E-state index contributed by atoms with van der Waals surface area (Å²) in [5, 5.41) is 10.5. The highest BCUT2D eigenvalue weighted by atomic mass is 35.5. The van der Waals surface area contributed by atoms with Crippen LogP contribution in [0.1, 0.15) is 29.7 Å². The highest BCUT2D eigenvalue weighted by Gasteiger charge is 2.23. The van der Waals surface area contributed by atoms with E-state index in [1.54, 1.807) is 6.92 Å². The van der Waals surface area contributed by atoms with Crippen molar-refractivity contribution in [2.75, 3.05) is 5.75 Å². The molecule has 31 heavy (non-hydrogen) atoms. The first-order valence-electron chi connectivity index (χ1n) is 9.56. The van der Waals surface area contributed by atoms with Crippen LogP contribution >= 0.6 is 23.2 Å². The molecule has 0 saturated heterocycles. The normalized spacial score (nSPS) is 13.0. The van der Waals surface area contributed by atoms with E-state index in [-0.39, 0.29) is 16.5 Å². The molecule has 0 aliphatic heterocycles. The van der Waals surface area contributed by atoms with Crippen molar-refractivity contribution in [3.63, 3.8) is 0 Å². The average Bonchev–Trinajstić information content (AvgIpc) is 2.74. The fourth-order valence-corrected chi connectivity index (χ4v) is 5.06. The Balaban J connectivity index is 1.77. The molecule has 3 aromatic rings. The van der Waals surface area contributed by atoms with Crippen molar-refractivity contribution < 1.29 is 13.5 Å². The molecule has 0 heterocycles. The molecule has 0 radical (unpaired) electrons. The van der Waals surface area contributed by atoms with E-state index in [0.29, 0.717) is 10.6 Å². The standard InChI is InChI=1S/C23H22Cl2N2O3S/c1-16(26-14-19-12-20(24)13-21(25)23(19)28)15-31(29,30)27-22(17-8-4-2-5-9-17)18-10-6-3-7-11-18/h2-14,16,22,27-28H,15H2,1H3. The lowest BCUT2D eigenvalue weighted by molar-refractivity contribution is 0.474. The molecule has 0 aromatic heterocycles. The van der Waals surface area contributed by atoms with E-state index in [9.17, 15) is 13.5 Å². The number of phenolic OH excluding ortho intramolecular Hbond substituents is 1. The van der Waals surface area contributed by atoms with Crippen molar-refractivity contribution in [2.45, 2.75) is 19.0 Å². The zero-order chi connectivity index (χ0) is 22.4.